The summed E-state index contributed by atoms with van der Waals surface area (Å²) in [5.41, 5.74) is 0.778. The van der Waals surface area contributed by atoms with Crippen molar-refractivity contribution in [3.05, 3.63) is 23.8 Å². The molecule has 0 saturated carbocycles. The molecule has 0 radical (unpaired) electrons. The number of carbonyl (C=O) groups is 2. The lowest BCUT2D eigenvalue weighted by molar-refractivity contribution is -0.136. The molecule has 5 nitrogen and oxygen atoms in total. The predicted octanol–water partition coefficient (Wildman–Crippen LogP) is 3.34. The molecule has 0 aliphatic carbocycles. The fourth-order valence-electron chi connectivity index (χ4n) is 1.71. The summed E-state index contributed by atoms with van der Waals surface area (Å²) in [6.45, 7) is 1.94. The molecule has 1 unspecified atom stereocenters. The number of nitrogens with zero attached hydrogens (tertiary/aromatic N) is 1. The molecule has 1 heterocycles. The van der Waals surface area contributed by atoms with Gasteiger partial charge in [-0.3, -0.25) is 4.79 Å². The Kier molecular flexibility index (Phi) is 4.61. The van der Waals surface area contributed by atoms with Crippen LogP contribution in [-0.4, -0.2) is 32.4 Å². The van der Waals surface area contributed by atoms with E-state index in [0.29, 0.717) is 16.3 Å². The molecule has 20 heavy (non-hydrogen) atoms. The molecule has 106 valence electrons. The fourth-order valence-corrected chi connectivity index (χ4v) is 4.04. The topological polar surface area (TPSA) is 87.5 Å². The van der Waals surface area contributed by atoms with E-state index in [9.17, 15) is 9.59 Å². The van der Waals surface area contributed by atoms with Crippen LogP contribution < -0.4 is 0 Å². The number of thioether (sulfide) groups is 1. The first-order chi connectivity index (χ1) is 9.51. The van der Waals surface area contributed by atoms with Gasteiger partial charge in [0.25, 0.3) is 0 Å². The average Bonchev–Trinajstić information content (AvgIpc) is 2.79. The maximum Gasteiger partial charge on any atom is 0.335 e. The van der Waals surface area contributed by atoms with E-state index in [-0.39, 0.29) is 5.56 Å². The summed E-state index contributed by atoms with van der Waals surface area (Å²) in [7, 11) is 0. The molecule has 2 rings (SSSR count). The van der Waals surface area contributed by atoms with Crippen molar-refractivity contribution in [2.24, 2.45) is 0 Å². The smallest absolute Gasteiger partial charge is 0.335 e. The van der Waals surface area contributed by atoms with Crippen LogP contribution in [0.15, 0.2) is 22.5 Å². The maximum atomic E-state index is 11.1. The van der Waals surface area contributed by atoms with E-state index in [2.05, 4.69) is 4.98 Å². The van der Waals surface area contributed by atoms with Crippen molar-refractivity contribution in [2.45, 2.75) is 29.4 Å². The number of thiazole rings is 1. The van der Waals surface area contributed by atoms with E-state index < -0.39 is 17.2 Å². The summed E-state index contributed by atoms with van der Waals surface area (Å²) < 4.78 is 1.52. The second-order valence-electron chi connectivity index (χ2n) is 4.20. The van der Waals surface area contributed by atoms with Crippen molar-refractivity contribution in [3.8, 4) is 0 Å². The highest BCUT2D eigenvalue weighted by Crippen LogP contribution is 2.34. The van der Waals surface area contributed by atoms with E-state index in [0.717, 1.165) is 11.1 Å². The monoisotopic (exact) mass is 311 g/mol. The van der Waals surface area contributed by atoms with Crippen LogP contribution in [-0.2, 0) is 4.79 Å². The molecular formula is C13H13NO4S2. The minimum atomic E-state index is -0.997. The van der Waals surface area contributed by atoms with Gasteiger partial charge in [0.1, 0.15) is 5.25 Å². The molecule has 0 saturated heterocycles. The van der Waals surface area contributed by atoms with Crippen LogP contribution in [0.2, 0.25) is 0 Å². The van der Waals surface area contributed by atoms with Crippen LogP contribution in [0.3, 0.4) is 0 Å². The quantitative estimate of drug-likeness (QED) is 0.796. The van der Waals surface area contributed by atoms with Gasteiger partial charge in [0, 0.05) is 0 Å². The molecule has 0 aliphatic heterocycles. The molecule has 2 aromatic rings. The van der Waals surface area contributed by atoms with E-state index in [1.807, 2.05) is 6.92 Å². The maximum absolute atomic E-state index is 11.1. The zero-order valence-corrected chi connectivity index (χ0v) is 12.3. The zero-order chi connectivity index (χ0) is 14.7. The molecule has 0 spiro atoms. The van der Waals surface area contributed by atoms with Gasteiger partial charge in [-0.1, -0.05) is 25.1 Å². The number of aromatic nitrogens is 1. The van der Waals surface area contributed by atoms with Gasteiger partial charge in [-0.25, -0.2) is 9.78 Å². The summed E-state index contributed by atoms with van der Waals surface area (Å²) in [4.78, 5) is 26.3. The molecule has 2 N–H and O–H groups in total. The van der Waals surface area contributed by atoms with Gasteiger partial charge in [0.15, 0.2) is 4.34 Å². The summed E-state index contributed by atoms with van der Waals surface area (Å²) in [5, 5.41) is 17.6. The van der Waals surface area contributed by atoms with Crippen molar-refractivity contribution in [2.75, 3.05) is 0 Å². The van der Waals surface area contributed by atoms with Gasteiger partial charge < -0.3 is 10.2 Å². The predicted molar refractivity (Wildman–Crippen MR) is 78.8 cm³/mol. The van der Waals surface area contributed by atoms with Crippen molar-refractivity contribution >= 4 is 45.3 Å². The Balaban J connectivity index is 2.27. The number of hydrogen-bond donors (Lipinski definition) is 2. The van der Waals surface area contributed by atoms with Crippen LogP contribution in [0.4, 0.5) is 0 Å². The van der Waals surface area contributed by atoms with Crippen LogP contribution >= 0.6 is 23.1 Å². The highest BCUT2D eigenvalue weighted by molar-refractivity contribution is 8.02. The van der Waals surface area contributed by atoms with Crippen molar-refractivity contribution in [1.82, 2.24) is 4.98 Å². The number of aliphatic carboxylic acids is 1. The Morgan fingerprint density at radius 1 is 1.40 bits per heavy atom. The van der Waals surface area contributed by atoms with Crippen LogP contribution in [0.1, 0.15) is 30.1 Å². The number of rotatable bonds is 6. The molecule has 1 atom stereocenters. The molecule has 1 aromatic heterocycles. The average molecular weight is 311 g/mol. The van der Waals surface area contributed by atoms with Crippen LogP contribution in [0.5, 0.6) is 0 Å². The third-order valence-corrected chi connectivity index (χ3v) is 5.07. The lowest BCUT2D eigenvalue weighted by atomic mass is 10.2. The highest BCUT2D eigenvalue weighted by atomic mass is 32.2. The molecule has 0 aliphatic rings. The van der Waals surface area contributed by atoms with Crippen LogP contribution in [0, 0.1) is 0 Å². The van der Waals surface area contributed by atoms with E-state index in [1.54, 1.807) is 6.07 Å². The first-order valence-electron chi connectivity index (χ1n) is 6.04. The van der Waals surface area contributed by atoms with Gasteiger partial charge in [-0.05, 0) is 24.6 Å². The lowest BCUT2D eigenvalue weighted by Gasteiger charge is -2.07. The minimum absolute atomic E-state index is 0.183. The van der Waals surface area contributed by atoms with Crippen molar-refractivity contribution < 1.29 is 19.8 Å². The van der Waals surface area contributed by atoms with Crippen molar-refractivity contribution in [3.63, 3.8) is 0 Å². The Morgan fingerprint density at radius 2 is 2.15 bits per heavy atom. The SMILES string of the molecule is CCCC(Sc1nc2cc(C(=O)O)ccc2s1)C(=O)O. The first-order valence-corrected chi connectivity index (χ1v) is 7.74. The third-order valence-electron chi connectivity index (χ3n) is 2.68. The lowest BCUT2D eigenvalue weighted by Crippen LogP contribution is -2.15. The van der Waals surface area contributed by atoms with Crippen LogP contribution in [0.25, 0.3) is 10.2 Å². The number of carboxylic acids is 2. The summed E-state index contributed by atoms with van der Waals surface area (Å²) in [6.07, 6.45) is 1.37. The number of hydrogen-bond acceptors (Lipinski definition) is 5. The molecule has 0 bridgehead atoms. The summed E-state index contributed by atoms with van der Waals surface area (Å²) in [5.74, 6) is -1.84. The van der Waals surface area contributed by atoms with E-state index in [1.165, 1.54) is 35.2 Å². The van der Waals surface area contributed by atoms with Gasteiger partial charge in [-0.15, -0.1) is 11.3 Å². The standard InChI is InChI=1S/C13H13NO4S2/c1-2-3-10(12(17)18)20-13-14-8-6-7(11(15)16)4-5-9(8)19-13/h4-6,10H,2-3H2,1H3,(H,15,16)(H,17,18). The van der Waals surface area contributed by atoms with E-state index >= 15 is 0 Å². The summed E-state index contributed by atoms with van der Waals surface area (Å²) in [6, 6.07) is 4.74. The molecule has 0 fully saturated rings. The highest BCUT2D eigenvalue weighted by Gasteiger charge is 2.20. The van der Waals surface area contributed by atoms with Gasteiger partial charge >= 0.3 is 11.9 Å². The Bertz CT molecular complexity index is 653. The normalized spacial score (nSPS) is 12.4. The first kappa shape index (κ1) is 14.8. The Morgan fingerprint density at radius 3 is 2.75 bits per heavy atom. The number of benzene rings is 1. The number of fused-ring (bicyclic) bond motifs is 1. The molecule has 1 aromatic carbocycles. The molecule has 0 amide bonds. The number of carboxylic acid groups (broad SMARTS) is 2. The fraction of sp³-hybridized carbons (Fsp3) is 0.308. The van der Waals surface area contributed by atoms with Gasteiger partial charge in [0.05, 0.1) is 15.8 Å². The zero-order valence-electron chi connectivity index (χ0n) is 10.7. The van der Waals surface area contributed by atoms with Gasteiger partial charge in [0.2, 0.25) is 0 Å². The van der Waals surface area contributed by atoms with E-state index in [4.69, 9.17) is 10.2 Å². The second-order valence-corrected chi connectivity index (χ2v) is 6.68. The molecular weight excluding hydrogens is 298 g/mol. The Hall–Kier alpha value is -1.60. The molecule has 7 heteroatoms. The van der Waals surface area contributed by atoms with Crippen molar-refractivity contribution in [1.29, 1.82) is 0 Å². The summed E-state index contributed by atoms with van der Waals surface area (Å²) >= 11 is 2.61. The van der Waals surface area contributed by atoms with Gasteiger partial charge in [-0.2, -0.15) is 0 Å². The third kappa shape index (κ3) is 3.29. The minimum Gasteiger partial charge on any atom is -0.480 e. The second kappa shape index (κ2) is 6.23. The largest absolute Gasteiger partial charge is 0.480 e. The number of aromatic carboxylic acids is 1. The Labute approximate surface area is 123 Å².